The van der Waals surface area contributed by atoms with Crippen molar-refractivity contribution >= 4 is 0 Å². The predicted octanol–water partition coefficient (Wildman–Crippen LogP) is 3.01. The van der Waals surface area contributed by atoms with E-state index in [2.05, 4.69) is 40.2 Å². The van der Waals surface area contributed by atoms with Gasteiger partial charge in [0.25, 0.3) is 0 Å². The molecule has 3 nitrogen and oxygen atoms in total. The van der Waals surface area contributed by atoms with Gasteiger partial charge in [0.2, 0.25) is 0 Å². The van der Waals surface area contributed by atoms with Crippen LogP contribution in [-0.4, -0.2) is 34.2 Å². The number of aromatic nitrogens is 2. The fraction of sp³-hybridized carbons (Fsp3) is 0.667. The van der Waals surface area contributed by atoms with Gasteiger partial charge in [-0.15, -0.1) is 0 Å². The molecular formula is C15H23N3. The molecule has 1 saturated heterocycles. The summed E-state index contributed by atoms with van der Waals surface area (Å²) in [7, 11) is 0. The molecule has 3 heteroatoms. The Bertz CT molecular complexity index is 421. The topological polar surface area (TPSA) is 31.9 Å². The molecule has 2 atom stereocenters. The summed E-state index contributed by atoms with van der Waals surface area (Å²) >= 11 is 0. The van der Waals surface area contributed by atoms with Gasteiger partial charge in [-0.2, -0.15) is 5.10 Å². The molecule has 1 aromatic heterocycles. The summed E-state index contributed by atoms with van der Waals surface area (Å²) in [5, 5.41) is 7.53. The monoisotopic (exact) mass is 245 g/mol. The van der Waals surface area contributed by atoms with E-state index in [1.165, 1.54) is 56.6 Å². The standard InChI is InChI=1S/C15H23N3/c1-12-10-15(17-16-12)13-6-5-9-18(11-13)14-7-3-2-4-8-14/h3,7,10,13-14H,2,4-6,8-9,11H2,1H3,(H,16,17)/t13-,14-/m0/s1. The zero-order valence-corrected chi connectivity index (χ0v) is 11.2. The van der Waals surface area contributed by atoms with Crippen LogP contribution >= 0.6 is 0 Å². The second kappa shape index (κ2) is 5.27. The van der Waals surface area contributed by atoms with Crippen molar-refractivity contribution in [1.29, 1.82) is 0 Å². The van der Waals surface area contributed by atoms with E-state index >= 15 is 0 Å². The van der Waals surface area contributed by atoms with E-state index < -0.39 is 0 Å². The lowest BCUT2D eigenvalue weighted by Crippen LogP contribution is -2.41. The van der Waals surface area contributed by atoms with E-state index in [-0.39, 0.29) is 0 Å². The lowest BCUT2D eigenvalue weighted by atomic mass is 9.91. The number of piperidine rings is 1. The van der Waals surface area contributed by atoms with Crippen molar-refractivity contribution in [3.8, 4) is 0 Å². The molecule has 0 unspecified atom stereocenters. The lowest BCUT2D eigenvalue weighted by molar-refractivity contribution is 0.161. The first-order chi connectivity index (χ1) is 8.83. The molecule has 0 saturated carbocycles. The Hall–Kier alpha value is -1.09. The van der Waals surface area contributed by atoms with Crippen LogP contribution in [0.5, 0.6) is 0 Å². The summed E-state index contributed by atoms with van der Waals surface area (Å²) in [6.45, 7) is 4.52. The van der Waals surface area contributed by atoms with Crippen LogP contribution in [0.3, 0.4) is 0 Å². The molecule has 1 aromatic rings. The van der Waals surface area contributed by atoms with Gasteiger partial charge in [0.15, 0.2) is 0 Å². The summed E-state index contributed by atoms with van der Waals surface area (Å²) < 4.78 is 0. The number of nitrogens with one attached hydrogen (secondary N) is 1. The van der Waals surface area contributed by atoms with Crippen molar-refractivity contribution in [3.63, 3.8) is 0 Å². The zero-order chi connectivity index (χ0) is 12.4. The average molecular weight is 245 g/mol. The lowest BCUT2D eigenvalue weighted by Gasteiger charge is -2.37. The Kier molecular flexibility index (Phi) is 3.50. The number of aromatic amines is 1. The van der Waals surface area contributed by atoms with Gasteiger partial charge in [0.1, 0.15) is 0 Å². The molecule has 2 heterocycles. The first-order valence-electron chi connectivity index (χ1n) is 7.25. The first-order valence-corrected chi connectivity index (χ1v) is 7.25. The summed E-state index contributed by atoms with van der Waals surface area (Å²) in [4.78, 5) is 2.66. The number of H-pyrrole nitrogens is 1. The van der Waals surface area contributed by atoms with Crippen LogP contribution in [0.4, 0.5) is 0 Å². The van der Waals surface area contributed by atoms with Crippen LogP contribution in [0.15, 0.2) is 18.2 Å². The number of likely N-dealkylation sites (tertiary alicyclic amines) is 1. The first kappa shape index (κ1) is 12.0. The average Bonchev–Trinajstić information content (AvgIpc) is 2.87. The van der Waals surface area contributed by atoms with Crippen LogP contribution in [-0.2, 0) is 0 Å². The van der Waals surface area contributed by atoms with Crippen LogP contribution in [0.1, 0.15) is 49.4 Å². The van der Waals surface area contributed by atoms with E-state index in [4.69, 9.17) is 0 Å². The van der Waals surface area contributed by atoms with Gasteiger partial charge >= 0.3 is 0 Å². The molecular weight excluding hydrogens is 222 g/mol. The molecule has 98 valence electrons. The summed E-state index contributed by atoms with van der Waals surface area (Å²) in [5.74, 6) is 0.624. The quantitative estimate of drug-likeness (QED) is 0.812. The predicted molar refractivity (Wildman–Crippen MR) is 73.7 cm³/mol. The molecule has 3 rings (SSSR count). The minimum atomic E-state index is 0.624. The van der Waals surface area contributed by atoms with Gasteiger partial charge in [-0.25, -0.2) is 0 Å². The highest BCUT2D eigenvalue weighted by Crippen LogP contribution is 2.29. The number of hydrogen-bond acceptors (Lipinski definition) is 2. The van der Waals surface area contributed by atoms with Crippen LogP contribution < -0.4 is 0 Å². The molecule has 18 heavy (non-hydrogen) atoms. The smallest absolute Gasteiger partial charge is 0.0668 e. The van der Waals surface area contributed by atoms with Crippen molar-refractivity contribution in [2.75, 3.05) is 13.1 Å². The largest absolute Gasteiger partial charge is 0.296 e. The second-order valence-corrected chi connectivity index (χ2v) is 5.74. The molecule has 1 aliphatic carbocycles. The van der Waals surface area contributed by atoms with Crippen LogP contribution in [0.2, 0.25) is 0 Å². The van der Waals surface area contributed by atoms with Crippen molar-refractivity contribution in [2.45, 2.75) is 51.0 Å². The van der Waals surface area contributed by atoms with Gasteiger partial charge in [0.05, 0.1) is 5.69 Å². The normalized spacial score (nSPS) is 29.6. The third-order valence-corrected chi connectivity index (χ3v) is 4.29. The number of allylic oxidation sites excluding steroid dienone is 1. The maximum Gasteiger partial charge on any atom is 0.0668 e. The van der Waals surface area contributed by atoms with Gasteiger partial charge < -0.3 is 0 Å². The summed E-state index contributed by atoms with van der Waals surface area (Å²) in [6, 6.07) is 2.90. The number of hydrogen-bond donors (Lipinski definition) is 1. The van der Waals surface area contributed by atoms with E-state index in [1.807, 2.05) is 0 Å². The van der Waals surface area contributed by atoms with Crippen molar-refractivity contribution in [1.82, 2.24) is 15.1 Å². The van der Waals surface area contributed by atoms with Crippen LogP contribution in [0, 0.1) is 6.92 Å². The highest BCUT2D eigenvalue weighted by atomic mass is 15.2. The molecule has 0 bridgehead atoms. The van der Waals surface area contributed by atoms with E-state index in [1.54, 1.807) is 0 Å². The fourth-order valence-corrected chi connectivity index (χ4v) is 3.30. The fourth-order valence-electron chi connectivity index (χ4n) is 3.30. The van der Waals surface area contributed by atoms with E-state index in [0.717, 1.165) is 0 Å². The Morgan fingerprint density at radius 1 is 1.33 bits per heavy atom. The molecule has 0 radical (unpaired) electrons. The molecule has 1 fully saturated rings. The van der Waals surface area contributed by atoms with Gasteiger partial charge in [0, 0.05) is 24.2 Å². The van der Waals surface area contributed by atoms with Crippen molar-refractivity contribution in [2.24, 2.45) is 0 Å². The molecule has 0 spiro atoms. The molecule has 0 aromatic carbocycles. The summed E-state index contributed by atoms with van der Waals surface area (Å²) in [5.41, 5.74) is 2.44. The Morgan fingerprint density at radius 3 is 3.00 bits per heavy atom. The number of aryl methyl sites for hydroxylation is 1. The summed E-state index contributed by atoms with van der Waals surface area (Å²) in [6.07, 6.45) is 11.3. The van der Waals surface area contributed by atoms with E-state index in [0.29, 0.717) is 12.0 Å². The van der Waals surface area contributed by atoms with Gasteiger partial charge in [-0.1, -0.05) is 12.2 Å². The highest BCUT2D eigenvalue weighted by Gasteiger charge is 2.27. The maximum atomic E-state index is 4.45. The van der Waals surface area contributed by atoms with Crippen molar-refractivity contribution in [3.05, 3.63) is 29.6 Å². The molecule has 0 amide bonds. The second-order valence-electron chi connectivity index (χ2n) is 5.74. The SMILES string of the molecule is Cc1cc([C@H]2CCCN([C@H]3C=CCCC3)C2)n[nH]1. The minimum Gasteiger partial charge on any atom is -0.296 e. The van der Waals surface area contributed by atoms with E-state index in [9.17, 15) is 0 Å². The van der Waals surface area contributed by atoms with Gasteiger partial charge in [-0.05, 0) is 51.6 Å². The molecule has 1 aliphatic heterocycles. The molecule has 1 N–H and O–H groups in total. The number of rotatable bonds is 2. The third kappa shape index (κ3) is 2.51. The van der Waals surface area contributed by atoms with Crippen molar-refractivity contribution < 1.29 is 0 Å². The van der Waals surface area contributed by atoms with Gasteiger partial charge in [-0.3, -0.25) is 10.00 Å². The zero-order valence-electron chi connectivity index (χ0n) is 11.2. The minimum absolute atomic E-state index is 0.624. The molecule has 2 aliphatic rings. The Labute approximate surface area is 109 Å². The highest BCUT2D eigenvalue weighted by molar-refractivity contribution is 5.14. The maximum absolute atomic E-state index is 4.45. The Balaban J connectivity index is 1.68. The third-order valence-electron chi connectivity index (χ3n) is 4.29. The number of nitrogens with zero attached hydrogens (tertiary/aromatic N) is 2. The van der Waals surface area contributed by atoms with Crippen LogP contribution in [0.25, 0.3) is 0 Å². The Morgan fingerprint density at radius 2 is 2.28 bits per heavy atom.